The number of carbonyl (C=O) groups is 1. The van der Waals surface area contributed by atoms with E-state index in [4.69, 9.17) is 0 Å². The Morgan fingerprint density at radius 2 is 1.75 bits per heavy atom. The van der Waals surface area contributed by atoms with Crippen molar-refractivity contribution in [1.82, 2.24) is 0 Å². The summed E-state index contributed by atoms with van der Waals surface area (Å²) in [6.07, 6.45) is 1.06. The molecule has 1 aromatic carbocycles. The summed E-state index contributed by atoms with van der Waals surface area (Å²) in [7, 11) is 6.56. The van der Waals surface area contributed by atoms with Crippen molar-refractivity contribution in [3.63, 3.8) is 0 Å². The standard InChI is InChI=1S/C13H20N2O/c1-11(16)14-13-7-5-12(6-8-13)9-10-15(2,3)4/h5-8H,9-10H2,1-4H3/p+1. The summed E-state index contributed by atoms with van der Waals surface area (Å²) in [6.45, 7) is 2.63. The van der Waals surface area contributed by atoms with Crippen LogP contribution in [-0.2, 0) is 11.2 Å². The van der Waals surface area contributed by atoms with Crippen LogP contribution in [-0.4, -0.2) is 38.1 Å². The highest BCUT2D eigenvalue weighted by Gasteiger charge is 2.06. The topological polar surface area (TPSA) is 29.1 Å². The Morgan fingerprint density at radius 1 is 1.19 bits per heavy atom. The predicted molar refractivity (Wildman–Crippen MR) is 67.3 cm³/mol. The molecule has 0 unspecified atom stereocenters. The van der Waals surface area contributed by atoms with Gasteiger partial charge in [0, 0.05) is 19.0 Å². The van der Waals surface area contributed by atoms with E-state index in [9.17, 15) is 4.79 Å². The summed E-state index contributed by atoms with van der Waals surface area (Å²) in [5.41, 5.74) is 2.17. The molecule has 0 aromatic heterocycles. The molecule has 0 fully saturated rings. The van der Waals surface area contributed by atoms with Crippen LogP contribution in [0.25, 0.3) is 0 Å². The maximum absolute atomic E-state index is 10.8. The molecule has 0 radical (unpaired) electrons. The summed E-state index contributed by atoms with van der Waals surface area (Å²) in [5.74, 6) is -0.0286. The summed E-state index contributed by atoms with van der Waals surface area (Å²) in [6, 6.07) is 8.04. The zero-order chi connectivity index (χ0) is 12.2. The van der Waals surface area contributed by atoms with Crippen LogP contribution in [0.4, 0.5) is 5.69 Å². The lowest BCUT2D eigenvalue weighted by atomic mass is 10.1. The van der Waals surface area contributed by atoms with Crippen molar-refractivity contribution in [2.24, 2.45) is 0 Å². The molecule has 0 atom stereocenters. The van der Waals surface area contributed by atoms with Crippen LogP contribution < -0.4 is 5.32 Å². The Balaban J connectivity index is 2.55. The van der Waals surface area contributed by atoms with E-state index in [0.717, 1.165) is 23.1 Å². The fourth-order valence-corrected chi connectivity index (χ4v) is 1.42. The van der Waals surface area contributed by atoms with Crippen LogP contribution in [0.5, 0.6) is 0 Å². The third-order valence-corrected chi connectivity index (χ3v) is 2.35. The van der Waals surface area contributed by atoms with Gasteiger partial charge in [-0.05, 0) is 17.7 Å². The number of quaternary nitrogens is 1. The molecule has 0 heterocycles. The molecule has 0 bridgehead atoms. The first kappa shape index (κ1) is 12.7. The highest BCUT2D eigenvalue weighted by molar-refractivity contribution is 5.88. The zero-order valence-electron chi connectivity index (χ0n) is 10.6. The molecule has 1 rings (SSSR count). The van der Waals surface area contributed by atoms with Gasteiger partial charge in [-0.3, -0.25) is 4.79 Å². The van der Waals surface area contributed by atoms with Gasteiger partial charge in [0.1, 0.15) is 0 Å². The van der Waals surface area contributed by atoms with E-state index in [0.29, 0.717) is 0 Å². The van der Waals surface area contributed by atoms with E-state index in [2.05, 4.69) is 38.6 Å². The normalized spacial score (nSPS) is 11.2. The number of benzene rings is 1. The average Bonchev–Trinajstić information content (AvgIpc) is 2.14. The van der Waals surface area contributed by atoms with Gasteiger partial charge < -0.3 is 9.80 Å². The first-order chi connectivity index (χ1) is 7.37. The van der Waals surface area contributed by atoms with E-state index in [1.165, 1.54) is 12.5 Å². The molecule has 1 N–H and O–H groups in total. The second-order valence-electron chi connectivity index (χ2n) is 5.14. The highest BCUT2D eigenvalue weighted by atomic mass is 16.1. The number of nitrogens with zero attached hydrogens (tertiary/aromatic N) is 1. The third-order valence-electron chi connectivity index (χ3n) is 2.35. The zero-order valence-corrected chi connectivity index (χ0v) is 10.6. The molecule has 0 spiro atoms. The Kier molecular flexibility index (Phi) is 4.07. The molecule has 88 valence electrons. The molecular formula is C13H21N2O+. The maximum Gasteiger partial charge on any atom is 0.221 e. The molecule has 3 nitrogen and oxygen atoms in total. The summed E-state index contributed by atoms with van der Waals surface area (Å²) in [4.78, 5) is 10.8. The van der Waals surface area contributed by atoms with Crippen LogP contribution in [0, 0.1) is 0 Å². The minimum atomic E-state index is -0.0286. The van der Waals surface area contributed by atoms with Gasteiger partial charge >= 0.3 is 0 Å². The number of rotatable bonds is 4. The van der Waals surface area contributed by atoms with E-state index >= 15 is 0 Å². The van der Waals surface area contributed by atoms with Crippen molar-refractivity contribution in [3.8, 4) is 0 Å². The van der Waals surface area contributed by atoms with Crippen molar-refractivity contribution in [2.75, 3.05) is 33.0 Å². The molecule has 0 aliphatic heterocycles. The van der Waals surface area contributed by atoms with Crippen LogP contribution in [0.3, 0.4) is 0 Å². The fourth-order valence-electron chi connectivity index (χ4n) is 1.42. The van der Waals surface area contributed by atoms with Gasteiger partial charge in [-0.15, -0.1) is 0 Å². The van der Waals surface area contributed by atoms with E-state index in [1.54, 1.807) is 0 Å². The minimum Gasteiger partial charge on any atom is -0.331 e. The van der Waals surface area contributed by atoms with Crippen LogP contribution in [0.1, 0.15) is 12.5 Å². The molecule has 0 saturated heterocycles. The lowest BCUT2D eigenvalue weighted by molar-refractivity contribution is -0.870. The number of nitrogens with one attached hydrogen (secondary N) is 1. The Bertz CT molecular complexity index is 349. The molecule has 0 aliphatic rings. The molecule has 0 saturated carbocycles. The van der Waals surface area contributed by atoms with Crippen LogP contribution in [0.2, 0.25) is 0 Å². The van der Waals surface area contributed by atoms with E-state index < -0.39 is 0 Å². The molecule has 0 aliphatic carbocycles. The average molecular weight is 221 g/mol. The van der Waals surface area contributed by atoms with Gasteiger partial charge in [0.15, 0.2) is 0 Å². The Morgan fingerprint density at radius 3 is 2.19 bits per heavy atom. The predicted octanol–water partition coefficient (Wildman–Crippen LogP) is 1.89. The summed E-state index contributed by atoms with van der Waals surface area (Å²) < 4.78 is 0.966. The molecular weight excluding hydrogens is 200 g/mol. The van der Waals surface area contributed by atoms with Crippen molar-refractivity contribution in [3.05, 3.63) is 29.8 Å². The quantitative estimate of drug-likeness (QED) is 0.773. The number of likely N-dealkylation sites (N-methyl/N-ethyl adjacent to an activating group) is 1. The molecule has 1 aromatic rings. The molecule has 3 heteroatoms. The first-order valence-corrected chi connectivity index (χ1v) is 5.54. The number of anilines is 1. The van der Waals surface area contributed by atoms with Crippen molar-refractivity contribution < 1.29 is 9.28 Å². The minimum absolute atomic E-state index is 0.0286. The summed E-state index contributed by atoms with van der Waals surface area (Å²) >= 11 is 0. The number of carbonyl (C=O) groups excluding carboxylic acids is 1. The second kappa shape index (κ2) is 5.12. The second-order valence-corrected chi connectivity index (χ2v) is 5.14. The molecule has 1 amide bonds. The Hall–Kier alpha value is -1.35. The fraction of sp³-hybridized carbons (Fsp3) is 0.462. The molecule has 16 heavy (non-hydrogen) atoms. The van der Waals surface area contributed by atoms with Crippen molar-refractivity contribution in [2.45, 2.75) is 13.3 Å². The Labute approximate surface area is 97.7 Å². The lowest BCUT2D eigenvalue weighted by Gasteiger charge is -2.23. The lowest BCUT2D eigenvalue weighted by Crippen LogP contribution is -2.36. The van der Waals surface area contributed by atoms with Gasteiger partial charge in [0.05, 0.1) is 27.7 Å². The number of hydrogen-bond acceptors (Lipinski definition) is 1. The highest BCUT2D eigenvalue weighted by Crippen LogP contribution is 2.10. The van der Waals surface area contributed by atoms with Gasteiger partial charge in [-0.1, -0.05) is 12.1 Å². The van der Waals surface area contributed by atoms with Gasteiger partial charge in [0.2, 0.25) is 5.91 Å². The smallest absolute Gasteiger partial charge is 0.221 e. The van der Waals surface area contributed by atoms with E-state index in [-0.39, 0.29) is 5.91 Å². The number of amides is 1. The maximum atomic E-state index is 10.8. The largest absolute Gasteiger partial charge is 0.331 e. The van der Waals surface area contributed by atoms with Gasteiger partial charge in [-0.2, -0.15) is 0 Å². The summed E-state index contributed by atoms with van der Waals surface area (Å²) in [5, 5.41) is 2.76. The van der Waals surface area contributed by atoms with Crippen LogP contribution in [0.15, 0.2) is 24.3 Å². The van der Waals surface area contributed by atoms with E-state index in [1.807, 2.05) is 12.1 Å². The SMILES string of the molecule is CC(=O)Nc1ccc(CC[N+](C)(C)C)cc1. The first-order valence-electron chi connectivity index (χ1n) is 5.54. The van der Waals surface area contributed by atoms with Gasteiger partial charge in [-0.25, -0.2) is 0 Å². The van der Waals surface area contributed by atoms with Crippen LogP contribution >= 0.6 is 0 Å². The van der Waals surface area contributed by atoms with Gasteiger partial charge in [0.25, 0.3) is 0 Å². The van der Waals surface area contributed by atoms with Crippen molar-refractivity contribution >= 4 is 11.6 Å². The number of hydrogen-bond donors (Lipinski definition) is 1. The third kappa shape index (κ3) is 4.94. The van der Waals surface area contributed by atoms with Crippen molar-refractivity contribution in [1.29, 1.82) is 0 Å². The monoisotopic (exact) mass is 221 g/mol.